The van der Waals surface area contributed by atoms with Crippen LogP contribution in [0.5, 0.6) is 5.75 Å². The number of aromatic nitrogens is 2. The van der Waals surface area contributed by atoms with Gasteiger partial charge in [0.15, 0.2) is 0 Å². The van der Waals surface area contributed by atoms with Crippen molar-refractivity contribution in [3.8, 4) is 17.2 Å². The van der Waals surface area contributed by atoms with E-state index in [-0.39, 0.29) is 23.7 Å². The quantitative estimate of drug-likeness (QED) is 0.418. The van der Waals surface area contributed by atoms with Crippen LogP contribution in [0, 0.1) is 5.82 Å². The Morgan fingerprint density at radius 3 is 2.85 bits per heavy atom. The van der Waals surface area contributed by atoms with Gasteiger partial charge in [-0.05, 0) is 48.9 Å². The summed E-state index contributed by atoms with van der Waals surface area (Å²) in [5.41, 5.74) is 1.08. The van der Waals surface area contributed by atoms with E-state index >= 15 is 0 Å². The van der Waals surface area contributed by atoms with E-state index < -0.39 is 0 Å². The normalized spacial score (nSPS) is 16.2. The van der Waals surface area contributed by atoms with Crippen LogP contribution in [0.15, 0.2) is 65.1 Å². The SMILES string of the molecule is COc1c(C(=O)N2CCCCC2Cc2nnc(-c3cccc(F)c3)o2)ccc2ccccc12. The predicted molar refractivity (Wildman–Crippen MR) is 123 cm³/mol. The highest BCUT2D eigenvalue weighted by Crippen LogP contribution is 2.32. The van der Waals surface area contributed by atoms with E-state index in [1.165, 1.54) is 12.1 Å². The van der Waals surface area contributed by atoms with Crippen molar-refractivity contribution in [2.24, 2.45) is 0 Å². The van der Waals surface area contributed by atoms with Gasteiger partial charge in [-0.25, -0.2) is 4.39 Å². The molecule has 1 aliphatic rings. The van der Waals surface area contributed by atoms with Crippen LogP contribution in [0.2, 0.25) is 0 Å². The van der Waals surface area contributed by atoms with Crippen molar-refractivity contribution in [1.82, 2.24) is 15.1 Å². The van der Waals surface area contributed by atoms with Gasteiger partial charge in [0.25, 0.3) is 5.91 Å². The monoisotopic (exact) mass is 445 g/mol. The van der Waals surface area contributed by atoms with Gasteiger partial charge >= 0.3 is 0 Å². The molecule has 0 N–H and O–H groups in total. The topological polar surface area (TPSA) is 68.5 Å². The molecule has 1 amide bonds. The minimum atomic E-state index is -0.361. The third-order valence-corrected chi connectivity index (χ3v) is 6.15. The summed E-state index contributed by atoms with van der Waals surface area (Å²) >= 11 is 0. The molecule has 1 aliphatic heterocycles. The first-order valence-electron chi connectivity index (χ1n) is 11.1. The fraction of sp³-hybridized carbons (Fsp3) is 0.269. The standard InChI is InChI=1S/C26H24FN3O3/c1-32-24-21-11-3-2-7-17(21)12-13-22(24)26(31)30-14-5-4-10-20(30)16-23-28-29-25(33-23)18-8-6-9-19(27)15-18/h2-3,6-9,11-13,15,20H,4-5,10,14,16H2,1H3. The van der Waals surface area contributed by atoms with Crippen molar-refractivity contribution in [2.45, 2.75) is 31.7 Å². The van der Waals surface area contributed by atoms with E-state index in [0.29, 0.717) is 35.7 Å². The molecule has 0 saturated carbocycles. The molecule has 0 bridgehead atoms. The second-order valence-electron chi connectivity index (χ2n) is 8.23. The van der Waals surface area contributed by atoms with Gasteiger partial charge in [-0.3, -0.25) is 4.79 Å². The fourth-order valence-corrected chi connectivity index (χ4v) is 4.54. The molecule has 0 aliphatic carbocycles. The number of carbonyl (C=O) groups is 1. The van der Waals surface area contributed by atoms with Crippen LogP contribution in [0.25, 0.3) is 22.2 Å². The summed E-state index contributed by atoms with van der Waals surface area (Å²) < 4.78 is 25.0. The van der Waals surface area contributed by atoms with Gasteiger partial charge in [-0.2, -0.15) is 0 Å². The fourth-order valence-electron chi connectivity index (χ4n) is 4.54. The summed E-state index contributed by atoms with van der Waals surface area (Å²) in [6, 6.07) is 17.6. The molecule has 1 aromatic heterocycles. The number of amides is 1. The Morgan fingerprint density at radius 1 is 1.12 bits per heavy atom. The summed E-state index contributed by atoms with van der Waals surface area (Å²) in [6.07, 6.45) is 3.26. The highest BCUT2D eigenvalue weighted by molar-refractivity contribution is 6.04. The maximum atomic E-state index is 13.6. The molecule has 7 heteroatoms. The van der Waals surface area contributed by atoms with Crippen LogP contribution in [0.3, 0.4) is 0 Å². The molecule has 5 rings (SSSR count). The minimum Gasteiger partial charge on any atom is -0.495 e. The molecule has 0 radical (unpaired) electrons. The van der Waals surface area contributed by atoms with E-state index in [1.54, 1.807) is 19.2 Å². The van der Waals surface area contributed by atoms with Crippen molar-refractivity contribution in [2.75, 3.05) is 13.7 Å². The van der Waals surface area contributed by atoms with Gasteiger partial charge in [-0.15, -0.1) is 10.2 Å². The third-order valence-electron chi connectivity index (χ3n) is 6.15. The first kappa shape index (κ1) is 21.1. The van der Waals surface area contributed by atoms with Crippen LogP contribution >= 0.6 is 0 Å². The molecule has 1 unspecified atom stereocenters. The van der Waals surface area contributed by atoms with E-state index in [2.05, 4.69) is 10.2 Å². The number of carbonyl (C=O) groups excluding carboxylic acids is 1. The lowest BCUT2D eigenvalue weighted by atomic mass is 9.97. The van der Waals surface area contributed by atoms with Crippen LogP contribution in [-0.4, -0.2) is 40.7 Å². The summed E-state index contributed by atoms with van der Waals surface area (Å²) in [5.74, 6) is 0.875. The highest BCUT2D eigenvalue weighted by Gasteiger charge is 2.31. The maximum Gasteiger partial charge on any atom is 0.257 e. The zero-order valence-electron chi connectivity index (χ0n) is 18.3. The Kier molecular flexibility index (Phi) is 5.77. The Labute approximate surface area is 191 Å². The van der Waals surface area contributed by atoms with Crippen molar-refractivity contribution in [3.63, 3.8) is 0 Å². The number of ether oxygens (including phenoxy) is 1. The summed E-state index contributed by atoms with van der Waals surface area (Å²) in [7, 11) is 1.60. The van der Waals surface area contributed by atoms with Gasteiger partial charge in [0.05, 0.1) is 12.7 Å². The molecular formula is C26H24FN3O3. The van der Waals surface area contributed by atoms with Gasteiger partial charge < -0.3 is 14.1 Å². The summed E-state index contributed by atoms with van der Waals surface area (Å²) in [5, 5.41) is 10.2. The number of hydrogen-bond acceptors (Lipinski definition) is 5. The van der Waals surface area contributed by atoms with Gasteiger partial charge in [0.1, 0.15) is 11.6 Å². The van der Waals surface area contributed by atoms with Crippen LogP contribution in [0.4, 0.5) is 4.39 Å². The lowest BCUT2D eigenvalue weighted by Gasteiger charge is -2.35. The first-order chi connectivity index (χ1) is 16.1. The lowest BCUT2D eigenvalue weighted by molar-refractivity contribution is 0.0602. The maximum absolute atomic E-state index is 13.6. The van der Waals surface area contributed by atoms with E-state index in [9.17, 15) is 9.18 Å². The van der Waals surface area contributed by atoms with Crippen LogP contribution in [-0.2, 0) is 6.42 Å². The zero-order chi connectivity index (χ0) is 22.8. The summed E-state index contributed by atoms with van der Waals surface area (Å²) in [4.78, 5) is 15.5. The number of piperidine rings is 1. The number of rotatable bonds is 5. The minimum absolute atomic E-state index is 0.0628. The Morgan fingerprint density at radius 2 is 2.00 bits per heavy atom. The molecule has 6 nitrogen and oxygen atoms in total. The molecule has 1 saturated heterocycles. The molecule has 33 heavy (non-hydrogen) atoms. The highest BCUT2D eigenvalue weighted by atomic mass is 19.1. The number of nitrogens with zero attached hydrogens (tertiary/aromatic N) is 3. The van der Waals surface area contributed by atoms with E-state index in [4.69, 9.17) is 9.15 Å². The third kappa shape index (κ3) is 4.18. The predicted octanol–water partition coefficient (Wildman–Crippen LogP) is 5.27. The van der Waals surface area contributed by atoms with Crippen molar-refractivity contribution in [1.29, 1.82) is 0 Å². The molecule has 168 valence electrons. The molecule has 3 aromatic carbocycles. The zero-order valence-corrected chi connectivity index (χ0v) is 18.3. The number of halogens is 1. The van der Waals surface area contributed by atoms with Crippen LogP contribution < -0.4 is 4.74 Å². The number of fused-ring (bicyclic) bond motifs is 1. The van der Waals surface area contributed by atoms with E-state index in [0.717, 1.165) is 30.0 Å². The number of methoxy groups -OCH3 is 1. The van der Waals surface area contributed by atoms with Gasteiger partial charge in [0, 0.05) is 30.0 Å². The Hall–Kier alpha value is -3.74. The number of hydrogen-bond donors (Lipinski definition) is 0. The largest absolute Gasteiger partial charge is 0.495 e. The molecular weight excluding hydrogens is 421 g/mol. The van der Waals surface area contributed by atoms with Crippen LogP contribution in [0.1, 0.15) is 35.5 Å². The molecule has 1 atom stereocenters. The van der Waals surface area contributed by atoms with Crippen molar-refractivity contribution in [3.05, 3.63) is 77.9 Å². The smallest absolute Gasteiger partial charge is 0.257 e. The average molecular weight is 445 g/mol. The molecule has 4 aromatic rings. The van der Waals surface area contributed by atoms with E-state index in [1.807, 2.05) is 41.3 Å². The van der Waals surface area contributed by atoms with Gasteiger partial charge in [0.2, 0.25) is 11.8 Å². The number of benzene rings is 3. The molecule has 2 heterocycles. The molecule has 1 fully saturated rings. The van der Waals surface area contributed by atoms with Gasteiger partial charge in [-0.1, -0.05) is 36.4 Å². The Bertz CT molecular complexity index is 1300. The lowest BCUT2D eigenvalue weighted by Crippen LogP contribution is -2.45. The molecule has 0 spiro atoms. The second kappa shape index (κ2) is 9.02. The number of likely N-dealkylation sites (tertiary alicyclic amines) is 1. The van der Waals surface area contributed by atoms with Crippen molar-refractivity contribution < 1.29 is 18.3 Å². The first-order valence-corrected chi connectivity index (χ1v) is 11.1. The summed E-state index contributed by atoms with van der Waals surface area (Å²) in [6.45, 7) is 0.657. The average Bonchev–Trinajstić information content (AvgIpc) is 3.32. The Balaban J connectivity index is 1.41. The second-order valence-corrected chi connectivity index (χ2v) is 8.23. The van der Waals surface area contributed by atoms with Crippen molar-refractivity contribution >= 4 is 16.7 Å².